The molecule has 1 saturated heterocycles. The topological polar surface area (TPSA) is 41.4 Å². The van der Waals surface area contributed by atoms with Crippen LogP contribution in [0.15, 0.2) is 67.0 Å². The van der Waals surface area contributed by atoms with E-state index in [0.29, 0.717) is 18.9 Å². The van der Waals surface area contributed by atoms with Crippen LogP contribution in [-0.4, -0.2) is 51.4 Å². The van der Waals surface area contributed by atoms with Gasteiger partial charge in [0.1, 0.15) is 0 Å². The molecular weight excluding hydrogens is 372 g/mol. The number of benzene rings is 2. The van der Waals surface area contributed by atoms with Crippen LogP contribution in [-0.2, 0) is 7.05 Å². The Hall–Kier alpha value is -2.63. The molecule has 0 bridgehead atoms. The number of aromatic nitrogens is 2. The van der Waals surface area contributed by atoms with E-state index in [9.17, 15) is 4.79 Å². The van der Waals surface area contributed by atoms with E-state index >= 15 is 0 Å². The molecular formula is C22H23ClN4O. The minimum absolute atomic E-state index is 0.00472. The number of nitrogens with zero attached hydrogens (tertiary/aromatic N) is 4. The predicted molar refractivity (Wildman–Crippen MR) is 110 cm³/mol. The molecule has 0 N–H and O–H groups in total. The van der Waals surface area contributed by atoms with E-state index < -0.39 is 0 Å². The van der Waals surface area contributed by atoms with Crippen molar-refractivity contribution in [1.29, 1.82) is 0 Å². The van der Waals surface area contributed by atoms with Gasteiger partial charge in [0.05, 0.1) is 6.04 Å². The number of halogens is 1. The Morgan fingerprint density at radius 1 is 0.964 bits per heavy atom. The third-order valence-corrected chi connectivity index (χ3v) is 5.53. The Morgan fingerprint density at radius 2 is 1.61 bits per heavy atom. The number of rotatable bonds is 4. The summed E-state index contributed by atoms with van der Waals surface area (Å²) in [7, 11) is 1.85. The van der Waals surface area contributed by atoms with Crippen molar-refractivity contribution in [2.75, 3.05) is 26.2 Å². The molecule has 0 aliphatic carbocycles. The third-order valence-electron chi connectivity index (χ3n) is 5.28. The molecule has 5 nitrogen and oxygen atoms in total. The zero-order valence-electron chi connectivity index (χ0n) is 15.8. The first kappa shape index (κ1) is 18.7. The molecule has 1 fully saturated rings. The number of carbonyl (C=O) groups excluding carboxylic acids is 1. The molecule has 0 radical (unpaired) electrons. The molecule has 1 atom stereocenters. The first-order chi connectivity index (χ1) is 13.6. The van der Waals surface area contributed by atoms with Crippen LogP contribution in [0.4, 0.5) is 0 Å². The predicted octanol–water partition coefficient (Wildman–Crippen LogP) is 3.62. The number of aryl methyl sites for hydroxylation is 1. The fourth-order valence-corrected chi connectivity index (χ4v) is 3.92. The summed E-state index contributed by atoms with van der Waals surface area (Å²) in [6, 6.07) is 18.7. The molecule has 0 spiro atoms. The number of hydrogen-bond acceptors (Lipinski definition) is 3. The monoisotopic (exact) mass is 394 g/mol. The van der Waals surface area contributed by atoms with Crippen LogP contribution in [0.2, 0.25) is 5.02 Å². The van der Waals surface area contributed by atoms with Crippen LogP contribution in [0.25, 0.3) is 0 Å². The minimum atomic E-state index is -0.00472. The van der Waals surface area contributed by atoms with E-state index in [0.717, 1.165) is 18.1 Å². The van der Waals surface area contributed by atoms with Crippen LogP contribution in [0, 0.1) is 0 Å². The molecule has 6 heteroatoms. The average molecular weight is 395 g/mol. The van der Waals surface area contributed by atoms with Crippen molar-refractivity contribution in [1.82, 2.24) is 19.4 Å². The summed E-state index contributed by atoms with van der Waals surface area (Å²) >= 11 is 6.10. The summed E-state index contributed by atoms with van der Waals surface area (Å²) in [5.41, 5.74) is 2.45. The Morgan fingerprint density at radius 3 is 2.21 bits per heavy atom. The van der Waals surface area contributed by atoms with Crippen molar-refractivity contribution in [3.63, 3.8) is 0 Å². The summed E-state index contributed by atoms with van der Waals surface area (Å²) < 4.78 is 1.77. The van der Waals surface area contributed by atoms with Gasteiger partial charge in [-0.05, 0) is 23.3 Å². The molecule has 1 aromatic heterocycles. The molecule has 1 aliphatic heterocycles. The van der Waals surface area contributed by atoms with Gasteiger partial charge in [-0.2, -0.15) is 0 Å². The SMILES string of the molecule is Cn1ccnc1C(=O)N1CCN(C(c2ccccc2)c2ccc(Cl)cc2)CC1. The van der Waals surface area contributed by atoms with Crippen molar-refractivity contribution >= 4 is 17.5 Å². The van der Waals surface area contributed by atoms with Gasteiger partial charge in [0.25, 0.3) is 5.91 Å². The molecule has 2 heterocycles. The van der Waals surface area contributed by atoms with Crippen LogP contribution in [0.5, 0.6) is 0 Å². The fourth-order valence-electron chi connectivity index (χ4n) is 3.79. The number of imidazole rings is 1. The number of piperazine rings is 1. The van der Waals surface area contributed by atoms with E-state index in [1.165, 1.54) is 11.1 Å². The number of hydrogen-bond donors (Lipinski definition) is 0. The molecule has 0 saturated carbocycles. The van der Waals surface area contributed by atoms with Gasteiger partial charge in [-0.25, -0.2) is 4.98 Å². The van der Waals surface area contributed by atoms with Crippen molar-refractivity contribution in [2.24, 2.45) is 7.05 Å². The van der Waals surface area contributed by atoms with Crippen molar-refractivity contribution < 1.29 is 4.79 Å². The standard InChI is InChI=1S/C22H23ClN4O/c1-25-12-11-24-21(25)22(28)27-15-13-26(14-16-27)20(17-5-3-2-4-6-17)18-7-9-19(23)10-8-18/h2-12,20H,13-16H2,1H3. The highest BCUT2D eigenvalue weighted by Gasteiger charge is 2.29. The van der Waals surface area contributed by atoms with Crippen molar-refractivity contribution in [2.45, 2.75) is 6.04 Å². The van der Waals surface area contributed by atoms with Crippen molar-refractivity contribution in [3.8, 4) is 0 Å². The van der Waals surface area contributed by atoms with Gasteiger partial charge in [-0.15, -0.1) is 0 Å². The molecule has 2 aromatic carbocycles. The average Bonchev–Trinajstić information content (AvgIpc) is 3.16. The summed E-state index contributed by atoms with van der Waals surface area (Å²) in [4.78, 5) is 21.3. The lowest BCUT2D eigenvalue weighted by Crippen LogP contribution is -2.50. The zero-order chi connectivity index (χ0) is 19.5. The summed E-state index contributed by atoms with van der Waals surface area (Å²) in [5.74, 6) is 0.487. The summed E-state index contributed by atoms with van der Waals surface area (Å²) in [5, 5.41) is 0.737. The highest BCUT2D eigenvalue weighted by Crippen LogP contribution is 2.30. The first-order valence-corrected chi connectivity index (χ1v) is 9.82. The molecule has 28 heavy (non-hydrogen) atoms. The molecule has 1 unspecified atom stereocenters. The highest BCUT2D eigenvalue weighted by atomic mass is 35.5. The van der Waals surface area contributed by atoms with Gasteiger partial charge in [-0.1, -0.05) is 54.1 Å². The van der Waals surface area contributed by atoms with Gasteiger partial charge in [0.2, 0.25) is 0 Å². The molecule has 4 rings (SSSR count). The Balaban J connectivity index is 1.53. The lowest BCUT2D eigenvalue weighted by molar-refractivity contribution is 0.0582. The fraction of sp³-hybridized carbons (Fsp3) is 0.273. The Labute approximate surface area is 170 Å². The second-order valence-electron chi connectivity index (χ2n) is 7.05. The van der Waals surface area contributed by atoms with Gasteiger partial charge < -0.3 is 9.47 Å². The quantitative estimate of drug-likeness (QED) is 0.678. The summed E-state index contributed by atoms with van der Waals surface area (Å²) in [6.45, 7) is 2.97. The highest BCUT2D eigenvalue weighted by molar-refractivity contribution is 6.30. The normalized spacial score (nSPS) is 16.1. The zero-order valence-corrected chi connectivity index (χ0v) is 16.6. The van der Waals surface area contributed by atoms with Gasteiger partial charge in [-0.3, -0.25) is 9.69 Å². The van der Waals surface area contributed by atoms with Crippen LogP contribution >= 0.6 is 11.6 Å². The van der Waals surface area contributed by atoms with Crippen LogP contribution < -0.4 is 0 Å². The molecule has 1 aliphatic rings. The maximum atomic E-state index is 12.7. The maximum Gasteiger partial charge on any atom is 0.289 e. The van der Waals surface area contributed by atoms with Crippen molar-refractivity contribution in [3.05, 3.63) is 89.0 Å². The van der Waals surface area contributed by atoms with Crippen LogP contribution in [0.3, 0.4) is 0 Å². The molecule has 144 valence electrons. The van der Waals surface area contributed by atoms with E-state index in [2.05, 4.69) is 46.3 Å². The van der Waals surface area contributed by atoms with Gasteiger partial charge in [0, 0.05) is 50.6 Å². The van der Waals surface area contributed by atoms with Gasteiger partial charge >= 0.3 is 0 Å². The Kier molecular flexibility index (Phi) is 5.46. The minimum Gasteiger partial charge on any atom is -0.333 e. The largest absolute Gasteiger partial charge is 0.333 e. The van der Waals surface area contributed by atoms with E-state index in [1.807, 2.05) is 30.1 Å². The Bertz CT molecular complexity index is 931. The molecule has 1 amide bonds. The van der Waals surface area contributed by atoms with Crippen LogP contribution in [0.1, 0.15) is 27.8 Å². The summed E-state index contributed by atoms with van der Waals surface area (Å²) in [6.07, 6.45) is 3.46. The second kappa shape index (κ2) is 8.17. The van der Waals surface area contributed by atoms with E-state index in [4.69, 9.17) is 11.6 Å². The van der Waals surface area contributed by atoms with E-state index in [-0.39, 0.29) is 11.9 Å². The maximum absolute atomic E-state index is 12.7. The lowest BCUT2D eigenvalue weighted by atomic mass is 9.96. The number of amides is 1. The second-order valence-corrected chi connectivity index (χ2v) is 7.49. The smallest absolute Gasteiger partial charge is 0.289 e. The van der Waals surface area contributed by atoms with Gasteiger partial charge in [0.15, 0.2) is 5.82 Å². The number of carbonyl (C=O) groups is 1. The first-order valence-electron chi connectivity index (χ1n) is 9.44. The van der Waals surface area contributed by atoms with E-state index in [1.54, 1.807) is 17.0 Å². The lowest BCUT2D eigenvalue weighted by Gasteiger charge is -2.39. The third kappa shape index (κ3) is 3.81. The molecule has 3 aromatic rings.